The van der Waals surface area contributed by atoms with Gasteiger partial charge in [0.2, 0.25) is 0 Å². The summed E-state index contributed by atoms with van der Waals surface area (Å²) < 4.78 is 0. The highest BCUT2D eigenvalue weighted by Crippen LogP contribution is 2.33. The van der Waals surface area contributed by atoms with Crippen molar-refractivity contribution in [1.29, 1.82) is 0 Å². The third kappa shape index (κ3) is 4.52. The Morgan fingerprint density at radius 3 is 1.96 bits per heavy atom. The molecule has 9 rings (SSSR count). The molecule has 5 heterocycles. The van der Waals surface area contributed by atoms with E-state index in [4.69, 9.17) is 9.97 Å². The Morgan fingerprint density at radius 2 is 1.04 bits per heavy atom. The Balaban J connectivity index is 1.02. The van der Waals surface area contributed by atoms with Gasteiger partial charge in [0.1, 0.15) is 5.69 Å². The Morgan fingerprint density at radius 1 is 0.370 bits per heavy atom. The zero-order chi connectivity index (χ0) is 30.5. The molecule has 6 nitrogen and oxygen atoms in total. The molecule has 214 valence electrons. The van der Waals surface area contributed by atoms with Crippen molar-refractivity contribution in [2.45, 2.75) is 0 Å². The van der Waals surface area contributed by atoms with Crippen molar-refractivity contribution in [3.8, 4) is 45.0 Å². The van der Waals surface area contributed by atoms with Gasteiger partial charge in [0, 0.05) is 51.9 Å². The standard InChI is InChI=1S/C40H24N6/c1-3-28-10-14-33-32(18-22-42-39(33)38(28)41-19-1)25-4-6-26(7-5-25)34-16-13-31-23-29(12-15-35(31)45-34)30-9-8-27-11-17-36(46-37(27)24-30)40-43-20-2-21-44-40/h1-24H. The summed E-state index contributed by atoms with van der Waals surface area (Å²) in [5.74, 6) is 0.620. The van der Waals surface area contributed by atoms with Crippen LogP contribution in [0.5, 0.6) is 0 Å². The predicted octanol–water partition coefficient (Wildman–Crippen LogP) is 9.34. The first-order valence-electron chi connectivity index (χ1n) is 15.1. The van der Waals surface area contributed by atoms with E-state index in [1.807, 2.05) is 24.5 Å². The van der Waals surface area contributed by atoms with Gasteiger partial charge in [-0.2, -0.15) is 0 Å². The Hall–Kier alpha value is -6.40. The van der Waals surface area contributed by atoms with Gasteiger partial charge in [-0.05, 0) is 70.8 Å². The number of pyridine rings is 4. The van der Waals surface area contributed by atoms with Crippen LogP contribution in [0.15, 0.2) is 146 Å². The second-order valence-corrected chi connectivity index (χ2v) is 11.3. The van der Waals surface area contributed by atoms with Crippen molar-refractivity contribution in [1.82, 2.24) is 29.9 Å². The van der Waals surface area contributed by atoms with E-state index < -0.39 is 0 Å². The molecule has 0 aliphatic heterocycles. The van der Waals surface area contributed by atoms with Crippen molar-refractivity contribution in [2.75, 3.05) is 0 Å². The van der Waals surface area contributed by atoms with Gasteiger partial charge in [0.15, 0.2) is 5.82 Å². The highest BCUT2D eigenvalue weighted by molar-refractivity contribution is 6.08. The van der Waals surface area contributed by atoms with E-state index in [2.05, 4.69) is 123 Å². The van der Waals surface area contributed by atoms with E-state index in [9.17, 15) is 0 Å². The molecule has 0 radical (unpaired) electrons. The molecule has 0 amide bonds. The summed E-state index contributed by atoms with van der Waals surface area (Å²) >= 11 is 0. The quantitative estimate of drug-likeness (QED) is 0.191. The molecule has 0 fully saturated rings. The normalized spacial score (nSPS) is 11.5. The van der Waals surface area contributed by atoms with Crippen LogP contribution in [0.4, 0.5) is 0 Å². The van der Waals surface area contributed by atoms with Crippen LogP contribution in [0.2, 0.25) is 0 Å². The van der Waals surface area contributed by atoms with E-state index in [-0.39, 0.29) is 0 Å². The molecule has 4 aromatic carbocycles. The molecule has 0 bridgehead atoms. The molecule has 0 aliphatic carbocycles. The summed E-state index contributed by atoms with van der Waals surface area (Å²) in [5, 5.41) is 4.34. The topological polar surface area (TPSA) is 77.3 Å². The van der Waals surface area contributed by atoms with Crippen LogP contribution in [0.25, 0.3) is 88.6 Å². The number of fused-ring (bicyclic) bond motifs is 5. The third-order valence-corrected chi connectivity index (χ3v) is 8.48. The molecular weight excluding hydrogens is 564 g/mol. The van der Waals surface area contributed by atoms with Gasteiger partial charge in [-0.15, -0.1) is 0 Å². The maximum Gasteiger partial charge on any atom is 0.178 e. The van der Waals surface area contributed by atoms with Crippen LogP contribution in [0.3, 0.4) is 0 Å². The Kier molecular flexibility index (Phi) is 6.03. The number of aromatic nitrogens is 6. The maximum absolute atomic E-state index is 5.02. The summed E-state index contributed by atoms with van der Waals surface area (Å²) in [4.78, 5) is 27.8. The third-order valence-electron chi connectivity index (χ3n) is 8.48. The first kappa shape index (κ1) is 26.0. The minimum atomic E-state index is 0.620. The highest BCUT2D eigenvalue weighted by atomic mass is 14.9. The number of hydrogen-bond acceptors (Lipinski definition) is 6. The molecule has 0 saturated carbocycles. The summed E-state index contributed by atoms with van der Waals surface area (Å²) in [6, 6.07) is 41.8. The van der Waals surface area contributed by atoms with Crippen molar-refractivity contribution in [3.63, 3.8) is 0 Å². The molecule has 6 heteroatoms. The van der Waals surface area contributed by atoms with Crippen LogP contribution in [0.1, 0.15) is 0 Å². The monoisotopic (exact) mass is 588 g/mol. The fourth-order valence-electron chi connectivity index (χ4n) is 6.14. The van der Waals surface area contributed by atoms with E-state index in [1.165, 1.54) is 0 Å². The van der Waals surface area contributed by atoms with Gasteiger partial charge in [-0.1, -0.05) is 72.8 Å². The van der Waals surface area contributed by atoms with Crippen LogP contribution >= 0.6 is 0 Å². The Labute approximate surface area is 264 Å². The lowest BCUT2D eigenvalue weighted by atomic mass is 9.98. The average Bonchev–Trinajstić information content (AvgIpc) is 3.14. The summed E-state index contributed by atoms with van der Waals surface area (Å²) in [6.45, 7) is 0. The molecule has 5 aromatic heterocycles. The Bertz CT molecular complexity index is 2580. The minimum Gasteiger partial charge on any atom is -0.254 e. The summed E-state index contributed by atoms with van der Waals surface area (Å²) in [5.41, 5.74) is 10.9. The van der Waals surface area contributed by atoms with Gasteiger partial charge in [0.05, 0.1) is 27.8 Å². The summed E-state index contributed by atoms with van der Waals surface area (Å²) in [6.07, 6.45) is 7.15. The fraction of sp³-hybridized carbons (Fsp3) is 0. The van der Waals surface area contributed by atoms with Crippen molar-refractivity contribution in [3.05, 3.63) is 146 Å². The lowest BCUT2D eigenvalue weighted by Gasteiger charge is -2.10. The maximum atomic E-state index is 5.02. The van der Waals surface area contributed by atoms with E-state index >= 15 is 0 Å². The van der Waals surface area contributed by atoms with Gasteiger partial charge in [0.25, 0.3) is 0 Å². The largest absolute Gasteiger partial charge is 0.254 e. The minimum absolute atomic E-state index is 0.620. The second kappa shape index (κ2) is 10.6. The van der Waals surface area contributed by atoms with Crippen molar-refractivity contribution < 1.29 is 0 Å². The SMILES string of the molecule is c1cnc(-c2ccc3ccc(-c4ccc5nc(-c6ccc(-c7ccnc8c7ccc7cccnc78)cc6)ccc5c4)cc3n2)nc1. The zero-order valence-corrected chi connectivity index (χ0v) is 24.5. The molecule has 9 aromatic rings. The number of hydrogen-bond donors (Lipinski definition) is 0. The van der Waals surface area contributed by atoms with Crippen LogP contribution < -0.4 is 0 Å². The number of rotatable bonds is 4. The zero-order valence-electron chi connectivity index (χ0n) is 24.5. The van der Waals surface area contributed by atoms with E-state index in [0.29, 0.717) is 5.82 Å². The fourth-order valence-corrected chi connectivity index (χ4v) is 6.14. The molecule has 0 atom stereocenters. The molecule has 46 heavy (non-hydrogen) atoms. The molecule has 0 unspecified atom stereocenters. The first-order valence-corrected chi connectivity index (χ1v) is 15.1. The lowest BCUT2D eigenvalue weighted by Crippen LogP contribution is -1.91. The molecule has 0 N–H and O–H groups in total. The van der Waals surface area contributed by atoms with Gasteiger partial charge in [-0.3, -0.25) is 9.97 Å². The average molecular weight is 589 g/mol. The summed E-state index contributed by atoms with van der Waals surface area (Å²) in [7, 11) is 0. The van der Waals surface area contributed by atoms with Gasteiger partial charge in [-0.25, -0.2) is 19.9 Å². The van der Waals surface area contributed by atoms with Crippen LogP contribution in [-0.2, 0) is 0 Å². The lowest BCUT2D eigenvalue weighted by molar-refractivity contribution is 1.15. The molecule has 0 saturated heterocycles. The predicted molar refractivity (Wildman–Crippen MR) is 185 cm³/mol. The smallest absolute Gasteiger partial charge is 0.178 e. The molecule has 0 spiro atoms. The number of benzene rings is 4. The first-order chi connectivity index (χ1) is 22.8. The van der Waals surface area contributed by atoms with Crippen molar-refractivity contribution in [2.24, 2.45) is 0 Å². The van der Waals surface area contributed by atoms with E-state index in [0.717, 1.165) is 82.8 Å². The van der Waals surface area contributed by atoms with Crippen LogP contribution in [-0.4, -0.2) is 29.9 Å². The van der Waals surface area contributed by atoms with Crippen molar-refractivity contribution >= 4 is 43.6 Å². The van der Waals surface area contributed by atoms with Gasteiger partial charge < -0.3 is 0 Å². The second-order valence-electron chi connectivity index (χ2n) is 11.3. The van der Waals surface area contributed by atoms with Gasteiger partial charge >= 0.3 is 0 Å². The number of nitrogens with zero attached hydrogens (tertiary/aromatic N) is 6. The molecule has 0 aliphatic rings. The highest BCUT2D eigenvalue weighted by Gasteiger charge is 2.11. The molecular formula is C40H24N6. The van der Waals surface area contributed by atoms with E-state index in [1.54, 1.807) is 18.5 Å². The van der Waals surface area contributed by atoms with Crippen LogP contribution in [0, 0.1) is 0 Å².